The van der Waals surface area contributed by atoms with Gasteiger partial charge in [0.15, 0.2) is 4.90 Å². The normalized spacial score (nSPS) is 15.4. The average molecular weight is 410 g/mol. The van der Waals surface area contributed by atoms with E-state index in [4.69, 9.17) is 0 Å². The summed E-state index contributed by atoms with van der Waals surface area (Å²) in [7, 11) is -4.41. The third-order valence-corrected chi connectivity index (χ3v) is 6.38. The molecule has 1 fully saturated rings. The monoisotopic (exact) mass is 410 g/mol. The molecule has 7 nitrogen and oxygen atoms in total. The number of rotatable bonds is 4. The van der Waals surface area contributed by atoms with Gasteiger partial charge in [0.2, 0.25) is 10.0 Å². The summed E-state index contributed by atoms with van der Waals surface area (Å²) < 4.78 is 53.8. The van der Waals surface area contributed by atoms with Crippen LogP contribution in [0.4, 0.5) is 8.78 Å². The van der Waals surface area contributed by atoms with Crippen LogP contribution in [0.5, 0.6) is 0 Å². The van der Waals surface area contributed by atoms with Gasteiger partial charge >= 0.3 is 5.97 Å². The van der Waals surface area contributed by atoms with E-state index in [0.717, 1.165) is 22.5 Å². The highest BCUT2D eigenvalue weighted by Gasteiger charge is 2.34. The van der Waals surface area contributed by atoms with Crippen LogP contribution in [0.25, 0.3) is 0 Å². The molecule has 1 amide bonds. The summed E-state index contributed by atoms with van der Waals surface area (Å²) in [5.41, 5.74) is -0.164. The van der Waals surface area contributed by atoms with Crippen LogP contribution in [0, 0.1) is 11.6 Å². The van der Waals surface area contributed by atoms with Crippen molar-refractivity contribution in [2.75, 3.05) is 26.2 Å². The van der Waals surface area contributed by atoms with Crippen LogP contribution in [0.2, 0.25) is 0 Å². The zero-order valence-electron chi connectivity index (χ0n) is 14.5. The number of carboxylic acid groups (broad SMARTS) is 1. The molecule has 0 unspecified atom stereocenters. The SMILES string of the molecule is O=C(O)c1ccccc1C(=O)N1CCN(S(=O)(=O)c2c(F)cccc2F)CC1. The van der Waals surface area contributed by atoms with Crippen molar-refractivity contribution in [1.29, 1.82) is 0 Å². The van der Waals surface area contributed by atoms with Crippen molar-refractivity contribution in [2.24, 2.45) is 0 Å². The second kappa shape index (κ2) is 7.64. The number of carbonyl (C=O) groups is 2. The summed E-state index contributed by atoms with van der Waals surface area (Å²) in [5.74, 6) is -4.17. The Hall–Kier alpha value is -2.85. The molecule has 3 rings (SSSR count). The Balaban J connectivity index is 1.78. The van der Waals surface area contributed by atoms with Gasteiger partial charge in [0, 0.05) is 26.2 Å². The minimum atomic E-state index is -4.41. The van der Waals surface area contributed by atoms with Gasteiger partial charge in [-0.1, -0.05) is 18.2 Å². The fourth-order valence-corrected chi connectivity index (χ4v) is 4.55. The number of hydrogen-bond acceptors (Lipinski definition) is 4. The van der Waals surface area contributed by atoms with E-state index in [1.807, 2.05) is 0 Å². The maximum atomic E-state index is 13.9. The largest absolute Gasteiger partial charge is 0.478 e. The van der Waals surface area contributed by atoms with Gasteiger partial charge in [-0.2, -0.15) is 4.31 Å². The van der Waals surface area contributed by atoms with Gasteiger partial charge in [-0.15, -0.1) is 0 Å². The van der Waals surface area contributed by atoms with Crippen LogP contribution in [0.15, 0.2) is 47.4 Å². The van der Waals surface area contributed by atoms with E-state index in [0.29, 0.717) is 0 Å². The summed E-state index contributed by atoms with van der Waals surface area (Å²) in [5, 5.41) is 9.21. The Morgan fingerprint density at radius 1 is 0.857 bits per heavy atom. The van der Waals surface area contributed by atoms with Gasteiger partial charge in [-0.3, -0.25) is 4.79 Å². The van der Waals surface area contributed by atoms with Crippen LogP contribution in [0.1, 0.15) is 20.7 Å². The lowest BCUT2D eigenvalue weighted by Gasteiger charge is -2.34. The number of sulfonamides is 1. The lowest BCUT2D eigenvalue weighted by molar-refractivity contribution is 0.0656. The maximum Gasteiger partial charge on any atom is 0.336 e. The van der Waals surface area contributed by atoms with E-state index in [2.05, 4.69) is 0 Å². The molecule has 1 N–H and O–H groups in total. The van der Waals surface area contributed by atoms with Crippen LogP contribution < -0.4 is 0 Å². The van der Waals surface area contributed by atoms with Crippen molar-refractivity contribution in [1.82, 2.24) is 9.21 Å². The number of nitrogens with zero attached hydrogens (tertiary/aromatic N) is 2. The highest BCUT2D eigenvalue weighted by Crippen LogP contribution is 2.24. The first-order chi connectivity index (χ1) is 13.2. The number of halogens is 2. The van der Waals surface area contributed by atoms with Gasteiger partial charge in [-0.05, 0) is 24.3 Å². The second-order valence-corrected chi connectivity index (χ2v) is 7.97. The standard InChI is InChI=1S/C18H16F2N2O5S/c19-14-6-3-7-15(20)16(14)28(26,27)22-10-8-21(9-11-22)17(23)12-4-1-2-5-13(12)18(24)25/h1-7H,8-11H2,(H,24,25). The lowest BCUT2D eigenvalue weighted by atomic mass is 10.1. The molecule has 1 aliphatic rings. The smallest absolute Gasteiger partial charge is 0.336 e. The minimum Gasteiger partial charge on any atom is -0.478 e. The Bertz CT molecular complexity index is 1010. The van der Waals surface area contributed by atoms with E-state index in [-0.39, 0.29) is 37.3 Å². The van der Waals surface area contributed by atoms with Crippen molar-refractivity contribution in [3.63, 3.8) is 0 Å². The first kappa shape index (κ1) is 19.9. The first-order valence-corrected chi connectivity index (χ1v) is 9.73. The Kier molecular flexibility index (Phi) is 5.43. The Morgan fingerprint density at radius 3 is 1.93 bits per heavy atom. The van der Waals surface area contributed by atoms with Gasteiger partial charge < -0.3 is 10.0 Å². The van der Waals surface area contributed by atoms with Gasteiger partial charge in [0.1, 0.15) is 11.6 Å². The lowest BCUT2D eigenvalue weighted by Crippen LogP contribution is -2.50. The molecular formula is C18H16F2N2O5S. The number of carbonyl (C=O) groups excluding carboxylic acids is 1. The predicted molar refractivity (Wildman–Crippen MR) is 94.4 cm³/mol. The molecule has 2 aromatic carbocycles. The van der Waals surface area contributed by atoms with Crippen LogP contribution in [0.3, 0.4) is 0 Å². The van der Waals surface area contributed by atoms with Gasteiger partial charge in [0.05, 0.1) is 11.1 Å². The molecule has 0 radical (unpaired) electrons. The number of piperazine rings is 1. The van der Waals surface area contributed by atoms with Crippen LogP contribution >= 0.6 is 0 Å². The fraction of sp³-hybridized carbons (Fsp3) is 0.222. The first-order valence-electron chi connectivity index (χ1n) is 8.29. The van der Waals surface area contributed by atoms with Gasteiger partial charge in [0.25, 0.3) is 5.91 Å². The molecule has 1 saturated heterocycles. The maximum absolute atomic E-state index is 13.9. The van der Waals surface area contributed by atoms with E-state index < -0.39 is 38.4 Å². The summed E-state index contributed by atoms with van der Waals surface area (Å²) >= 11 is 0. The Labute approximate surface area is 159 Å². The highest BCUT2D eigenvalue weighted by atomic mass is 32.2. The molecule has 148 valence electrons. The van der Waals surface area contributed by atoms with Crippen LogP contribution in [-0.2, 0) is 10.0 Å². The highest BCUT2D eigenvalue weighted by molar-refractivity contribution is 7.89. The molecule has 2 aromatic rings. The molecule has 0 aromatic heterocycles. The molecule has 0 aliphatic carbocycles. The Morgan fingerprint density at radius 2 is 1.39 bits per heavy atom. The van der Waals surface area contributed by atoms with Crippen molar-refractivity contribution >= 4 is 21.9 Å². The minimum absolute atomic E-state index is 0.00791. The molecule has 28 heavy (non-hydrogen) atoms. The summed E-state index contributed by atoms with van der Waals surface area (Å²) in [6.07, 6.45) is 0. The third-order valence-electron chi connectivity index (χ3n) is 4.43. The molecule has 0 bridgehead atoms. The molecule has 1 heterocycles. The molecule has 0 spiro atoms. The molecule has 10 heteroatoms. The van der Waals surface area contributed by atoms with Crippen LogP contribution in [-0.4, -0.2) is 60.8 Å². The molecule has 1 aliphatic heterocycles. The zero-order valence-corrected chi connectivity index (χ0v) is 15.3. The number of amides is 1. The van der Waals surface area contributed by atoms with E-state index in [9.17, 15) is 31.9 Å². The van der Waals surface area contributed by atoms with Crippen molar-refractivity contribution in [2.45, 2.75) is 4.90 Å². The van der Waals surface area contributed by atoms with E-state index in [1.54, 1.807) is 0 Å². The fourth-order valence-electron chi connectivity index (χ4n) is 3.02. The summed E-state index contributed by atoms with van der Waals surface area (Å²) in [4.78, 5) is 24.2. The number of hydrogen-bond donors (Lipinski definition) is 1. The molecule has 0 saturated carbocycles. The van der Waals surface area contributed by atoms with E-state index in [1.165, 1.54) is 29.2 Å². The number of aromatic carboxylic acids is 1. The average Bonchev–Trinajstić information content (AvgIpc) is 2.67. The molecule has 0 atom stereocenters. The van der Waals surface area contributed by atoms with Gasteiger partial charge in [-0.25, -0.2) is 22.0 Å². The second-order valence-electron chi connectivity index (χ2n) is 6.10. The van der Waals surface area contributed by atoms with Crippen molar-refractivity contribution in [3.05, 3.63) is 65.2 Å². The number of benzene rings is 2. The topological polar surface area (TPSA) is 95.0 Å². The van der Waals surface area contributed by atoms with Crippen molar-refractivity contribution < 1.29 is 31.9 Å². The summed E-state index contributed by atoms with van der Waals surface area (Å²) in [6.45, 7) is -0.418. The third kappa shape index (κ3) is 3.60. The predicted octanol–water partition coefficient (Wildman–Crippen LogP) is 1.81. The summed E-state index contributed by atoms with van der Waals surface area (Å²) in [6, 6.07) is 8.49. The van der Waals surface area contributed by atoms with E-state index >= 15 is 0 Å². The van der Waals surface area contributed by atoms with Crippen molar-refractivity contribution in [3.8, 4) is 0 Å². The zero-order chi connectivity index (χ0) is 20.5. The number of carboxylic acids is 1. The molecular weight excluding hydrogens is 394 g/mol. The quantitative estimate of drug-likeness (QED) is 0.830.